The van der Waals surface area contributed by atoms with Crippen molar-refractivity contribution in [3.63, 3.8) is 0 Å². The topological polar surface area (TPSA) is 98.7 Å². The van der Waals surface area contributed by atoms with Gasteiger partial charge in [0.05, 0.1) is 5.69 Å². The summed E-state index contributed by atoms with van der Waals surface area (Å²) in [6.45, 7) is 0. The molecule has 1 amide bonds. The molecule has 2 aromatic rings. The molecule has 1 aliphatic carbocycles. The molecule has 0 radical (unpaired) electrons. The lowest BCUT2D eigenvalue weighted by molar-refractivity contribution is -0.120. The van der Waals surface area contributed by atoms with Gasteiger partial charge in [0, 0.05) is 17.6 Å². The Bertz CT molecular complexity index is 604. The molecule has 1 heterocycles. The zero-order chi connectivity index (χ0) is 14.7. The van der Waals surface area contributed by atoms with Crippen molar-refractivity contribution < 1.29 is 4.79 Å². The SMILES string of the molecule is NC1CCC(C(=O)Nc2cccc(-n3cnnn3)c2)CC1. The fraction of sp³-hybridized carbons (Fsp3) is 0.429. The highest BCUT2D eigenvalue weighted by Gasteiger charge is 2.24. The second kappa shape index (κ2) is 6.01. The van der Waals surface area contributed by atoms with Crippen LogP contribution in [0.4, 0.5) is 5.69 Å². The zero-order valence-electron chi connectivity index (χ0n) is 11.6. The number of tetrazole rings is 1. The van der Waals surface area contributed by atoms with Crippen molar-refractivity contribution in [2.45, 2.75) is 31.7 Å². The van der Waals surface area contributed by atoms with Crippen LogP contribution in [0.25, 0.3) is 5.69 Å². The number of benzene rings is 1. The first-order valence-electron chi connectivity index (χ1n) is 7.12. The molecule has 0 aliphatic heterocycles. The molecule has 21 heavy (non-hydrogen) atoms. The van der Waals surface area contributed by atoms with Crippen LogP contribution < -0.4 is 11.1 Å². The number of rotatable bonds is 3. The van der Waals surface area contributed by atoms with E-state index in [0.717, 1.165) is 37.1 Å². The van der Waals surface area contributed by atoms with Crippen molar-refractivity contribution in [2.24, 2.45) is 11.7 Å². The minimum atomic E-state index is 0.0569. The molecule has 1 aromatic carbocycles. The molecular formula is C14H18N6O. The molecule has 1 aromatic heterocycles. The Hall–Kier alpha value is -2.28. The average molecular weight is 286 g/mol. The van der Waals surface area contributed by atoms with Crippen LogP contribution in [0, 0.1) is 5.92 Å². The van der Waals surface area contributed by atoms with E-state index in [1.54, 1.807) is 4.68 Å². The first-order chi connectivity index (χ1) is 10.2. The van der Waals surface area contributed by atoms with Crippen molar-refractivity contribution in [1.29, 1.82) is 0 Å². The molecular weight excluding hydrogens is 268 g/mol. The van der Waals surface area contributed by atoms with Crippen molar-refractivity contribution in [2.75, 3.05) is 5.32 Å². The van der Waals surface area contributed by atoms with Gasteiger partial charge >= 0.3 is 0 Å². The summed E-state index contributed by atoms with van der Waals surface area (Å²) in [4.78, 5) is 12.3. The van der Waals surface area contributed by atoms with Gasteiger partial charge in [-0.15, -0.1) is 5.10 Å². The molecule has 110 valence electrons. The predicted molar refractivity (Wildman–Crippen MR) is 77.7 cm³/mol. The normalized spacial score (nSPS) is 22.0. The molecule has 1 aliphatic rings. The quantitative estimate of drug-likeness (QED) is 0.881. The molecule has 1 saturated carbocycles. The van der Waals surface area contributed by atoms with Crippen LogP contribution in [0.1, 0.15) is 25.7 Å². The van der Waals surface area contributed by atoms with E-state index >= 15 is 0 Å². The third-order valence-electron chi connectivity index (χ3n) is 3.87. The number of amides is 1. The number of anilines is 1. The summed E-state index contributed by atoms with van der Waals surface area (Å²) in [7, 11) is 0. The van der Waals surface area contributed by atoms with E-state index in [2.05, 4.69) is 20.8 Å². The van der Waals surface area contributed by atoms with E-state index in [1.165, 1.54) is 6.33 Å². The Morgan fingerprint density at radius 2 is 2.10 bits per heavy atom. The van der Waals surface area contributed by atoms with Crippen molar-refractivity contribution >= 4 is 11.6 Å². The second-order valence-corrected chi connectivity index (χ2v) is 5.41. The Labute approximate surface area is 122 Å². The summed E-state index contributed by atoms with van der Waals surface area (Å²) in [6.07, 6.45) is 5.08. The van der Waals surface area contributed by atoms with Crippen molar-refractivity contribution in [3.8, 4) is 5.69 Å². The number of carbonyl (C=O) groups excluding carboxylic acids is 1. The largest absolute Gasteiger partial charge is 0.328 e. The first-order valence-corrected chi connectivity index (χ1v) is 7.12. The Kier molecular flexibility index (Phi) is 3.92. The summed E-state index contributed by atoms with van der Waals surface area (Å²) in [5.74, 6) is 0.122. The van der Waals surface area contributed by atoms with Gasteiger partial charge in [-0.05, 0) is 54.3 Å². The predicted octanol–water partition coefficient (Wildman–Crippen LogP) is 1.12. The molecule has 7 heteroatoms. The van der Waals surface area contributed by atoms with Gasteiger partial charge in [0.2, 0.25) is 5.91 Å². The van der Waals surface area contributed by atoms with Gasteiger partial charge in [-0.1, -0.05) is 6.07 Å². The summed E-state index contributed by atoms with van der Waals surface area (Å²) < 4.78 is 1.55. The van der Waals surface area contributed by atoms with Gasteiger partial charge in [-0.3, -0.25) is 4.79 Å². The highest BCUT2D eigenvalue weighted by molar-refractivity contribution is 5.92. The van der Waals surface area contributed by atoms with E-state index < -0.39 is 0 Å². The highest BCUT2D eigenvalue weighted by Crippen LogP contribution is 2.25. The summed E-state index contributed by atoms with van der Waals surface area (Å²) in [6, 6.07) is 7.70. The number of carbonyl (C=O) groups is 1. The summed E-state index contributed by atoms with van der Waals surface area (Å²) in [5.41, 5.74) is 7.43. The van der Waals surface area contributed by atoms with Crippen molar-refractivity contribution in [3.05, 3.63) is 30.6 Å². The number of hydrogen-bond donors (Lipinski definition) is 2. The first kappa shape index (κ1) is 13.7. The maximum atomic E-state index is 12.3. The van der Waals surface area contributed by atoms with E-state index in [9.17, 15) is 4.79 Å². The Morgan fingerprint density at radius 1 is 1.29 bits per heavy atom. The molecule has 3 N–H and O–H groups in total. The number of nitrogens with two attached hydrogens (primary N) is 1. The number of nitrogens with one attached hydrogen (secondary N) is 1. The number of aromatic nitrogens is 4. The minimum Gasteiger partial charge on any atom is -0.328 e. The average Bonchev–Trinajstić information content (AvgIpc) is 3.02. The van der Waals surface area contributed by atoms with Crippen LogP contribution >= 0.6 is 0 Å². The Balaban J connectivity index is 1.67. The van der Waals surface area contributed by atoms with Gasteiger partial charge in [-0.2, -0.15) is 0 Å². The molecule has 3 rings (SSSR count). The smallest absolute Gasteiger partial charge is 0.227 e. The third kappa shape index (κ3) is 3.25. The molecule has 0 spiro atoms. The van der Waals surface area contributed by atoms with Crippen molar-refractivity contribution in [1.82, 2.24) is 20.2 Å². The van der Waals surface area contributed by atoms with Gasteiger partial charge in [0.25, 0.3) is 0 Å². The standard InChI is InChI=1S/C14H18N6O/c15-11-6-4-10(5-7-11)14(21)17-12-2-1-3-13(8-12)20-9-16-18-19-20/h1-3,8-11H,4-7,15H2,(H,17,21). The maximum Gasteiger partial charge on any atom is 0.227 e. The fourth-order valence-corrected chi connectivity index (χ4v) is 2.63. The van der Waals surface area contributed by atoms with Crippen LogP contribution in [0.15, 0.2) is 30.6 Å². The molecule has 7 nitrogen and oxygen atoms in total. The van der Waals surface area contributed by atoms with E-state index in [1.807, 2.05) is 24.3 Å². The van der Waals surface area contributed by atoms with Crippen LogP contribution in [0.3, 0.4) is 0 Å². The monoisotopic (exact) mass is 286 g/mol. The van der Waals surface area contributed by atoms with E-state index in [-0.39, 0.29) is 17.9 Å². The lowest BCUT2D eigenvalue weighted by atomic mass is 9.86. The molecule has 0 atom stereocenters. The van der Waals surface area contributed by atoms with Gasteiger partial charge < -0.3 is 11.1 Å². The lowest BCUT2D eigenvalue weighted by Gasteiger charge is -2.25. The summed E-state index contributed by atoms with van der Waals surface area (Å²) >= 11 is 0. The zero-order valence-corrected chi connectivity index (χ0v) is 11.6. The molecule has 0 bridgehead atoms. The molecule has 0 saturated heterocycles. The van der Waals surface area contributed by atoms with Gasteiger partial charge in [-0.25, -0.2) is 4.68 Å². The summed E-state index contributed by atoms with van der Waals surface area (Å²) in [5, 5.41) is 14.0. The number of hydrogen-bond acceptors (Lipinski definition) is 5. The fourth-order valence-electron chi connectivity index (χ4n) is 2.63. The van der Waals surface area contributed by atoms with E-state index in [0.29, 0.717) is 0 Å². The molecule has 0 unspecified atom stereocenters. The third-order valence-corrected chi connectivity index (χ3v) is 3.87. The highest BCUT2D eigenvalue weighted by atomic mass is 16.1. The maximum absolute atomic E-state index is 12.3. The van der Waals surface area contributed by atoms with Crippen LogP contribution in [-0.2, 0) is 4.79 Å². The Morgan fingerprint density at radius 3 is 2.81 bits per heavy atom. The minimum absolute atomic E-state index is 0.0569. The molecule has 1 fully saturated rings. The van der Waals surface area contributed by atoms with Gasteiger partial charge in [0.15, 0.2) is 0 Å². The second-order valence-electron chi connectivity index (χ2n) is 5.41. The number of nitrogens with zero attached hydrogens (tertiary/aromatic N) is 4. The lowest BCUT2D eigenvalue weighted by Crippen LogP contribution is -2.32. The van der Waals surface area contributed by atoms with Crippen LogP contribution in [0.2, 0.25) is 0 Å². The van der Waals surface area contributed by atoms with Crippen LogP contribution in [0.5, 0.6) is 0 Å². The van der Waals surface area contributed by atoms with Crippen LogP contribution in [-0.4, -0.2) is 32.2 Å². The van der Waals surface area contributed by atoms with E-state index in [4.69, 9.17) is 5.73 Å². The van der Waals surface area contributed by atoms with Gasteiger partial charge in [0.1, 0.15) is 6.33 Å².